The van der Waals surface area contributed by atoms with E-state index in [2.05, 4.69) is 4.98 Å². The zero-order chi connectivity index (χ0) is 11.9. The quantitative estimate of drug-likeness (QED) is 0.819. The van der Waals surface area contributed by atoms with E-state index in [1.165, 1.54) is 6.07 Å². The van der Waals surface area contributed by atoms with E-state index in [9.17, 15) is 9.50 Å². The summed E-state index contributed by atoms with van der Waals surface area (Å²) in [6, 6.07) is 3.25. The fourth-order valence-electron chi connectivity index (χ4n) is 1.92. The van der Waals surface area contributed by atoms with Gasteiger partial charge >= 0.3 is 0 Å². The van der Waals surface area contributed by atoms with E-state index in [1.807, 2.05) is 32.0 Å². The van der Waals surface area contributed by atoms with Gasteiger partial charge in [-0.2, -0.15) is 0 Å². The second-order valence-corrected chi connectivity index (χ2v) is 4.34. The maximum atomic E-state index is 13.5. The zero-order valence-electron chi connectivity index (χ0n) is 9.63. The van der Waals surface area contributed by atoms with Gasteiger partial charge in [-0.15, -0.1) is 0 Å². The normalized spacial score (nSPS) is 11.6. The van der Waals surface area contributed by atoms with Gasteiger partial charge in [0.1, 0.15) is 0 Å². The molecule has 0 aliphatic rings. The zero-order valence-corrected chi connectivity index (χ0v) is 9.63. The van der Waals surface area contributed by atoms with E-state index in [1.54, 1.807) is 0 Å². The Morgan fingerprint density at radius 2 is 2.06 bits per heavy atom. The van der Waals surface area contributed by atoms with Crippen LogP contribution in [-0.4, -0.2) is 29.1 Å². The van der Waals surface area contributed by atoms with Gasteiger partial charge < -0.3 is 15.0 Å². The minimum Gasteiger partial charge on any atom is -0.505 e. The Hall–Kier alpha value is -1.55. The van der Waals surface area contributed by atoms with Crippen molar-refractivity contribution in [2.45, 2.75) is 13.5 Å². The molecule has 0 aliphatic heterocycles. The summed E-state index contributed by atoms with van der Waals surface area (Å²) in [7, 11) is 3.77. The van der Waals surface area contributed by atoms with Crippen molar-refractivity contribution in [1.82, 2.24) is 9.88 Å². The van der Waals surface area contributed by atoms with Crippen LogP contribution in [0.25, 0.3) is 10.9 Å². The summed E-state index contributed by atoms with van der Waals surface area (Å²) in [4.78, 5) is 4.97. The summed E-state index contributed by atoms with van der Waals surface area (Å²) in [5.41, 5.74) is 2.31. The molecule has 3 nitrogen and oxygen atoms in total. The number of aromatic amines is 1. The fourth-order valence-corrected chi connectivity index (χ4v) is 1.92. The molecular weight excluding hydrogens is 207 g/mol. The predicted molar refractivity (Wildman–Crippen MR) is 62.0 cm³/mol. The van der Waals surface area contributed by atoms with Gasteiger partial charge in [-0.05, 0) is 27.1 Å². The van der Waals surface area contributed by atoms with E-state index in [0.29, 0.717) is 12.1 Å². The largest absolute Gasteiger partial charge is 0.505 e. The standard InChI is InChI=1S/C12H15FN2O/c1-7-4-8-9(6-15(2)3)12(16)10(13)5-11(8)14-7/h4-5,14,16H,6H2,1-3H3. The summed E-state index contributed by atoms with van der Waals surface area (Å²) in [5.74, 6) is -0.827. The van der Waals surface area contributed by atoms with Crippen molar-refractivity contribution in [2.24, 2.45) is 0 Å². The summed E-state index contributed by atoms with van der Waals surface area (Å²) < 4.78 is 13.5. The molecule has 0 radical (unpaired) electrons. The molecule has 1 heterocycles. The van der Waals surface area contributed by atoms with Crippen LogP contribution in [0.1, 0.15) is 11.3 Å². The Balaban J connectivity index is 2.70. The van der Waals surface area contributed by atoms with Crippen LogP contribution < -0.4 is 0 Å². The second kappa shape index (κ2) is 3.79. The van der Waals surface area contributed by atoms with E-state index in [0.717, 1.165) is 16.6 Å². The van der Waals surface area contributed by atoms with E-state index in [-0.39, 0.29) is 5.75 Å². The molecule has 16 heavy (non-hydrogen) atoms. The topological polar surface area (TPSA) is 39.3 Å². The van der Waals surface area contributed by atoms with Crippen molar-refractivity contribution in [3.05, 3.63) is 29.2 Å². The summed E-state index contributed by atoms with van der Waals surface area (Å²) >= 11 is 0. The van der Waals surface area contributed by atoms with Crippen LogP contribution in [-0.2, 0) is 6.54 Å². The van der Waals surface area contributed by atoms with Crippen molar-refractivity contribution < 1.29 is 9.50 Å². The van der Waals surface area contributed by atoms with Gasteiger partial charge in [-0.25, -0.2) is 4.39 Å². The number of nitrogens with zero attached hydrogens (tertiary/aromatic N) is 1. The van der Waals surface area contributed by atoms with Gasteiger partial charge in [0.25, 0.3) is 0 Å². The minimum atomic E-state index is -0.578. The molecule has 0 fully saturated rings. The highest BCUT2D eigenvalue weighted by atomic mass is 19.1. The molecule has 0 spiro atoms. The number of phenols is 1. The molecule has 4 heteroatoms. The minimum absolute atomic E-state index is 0.250. The van der Waals surface area contributed by atoms with Crippen molar-refractivity contribution in [2.75, 3.05) is 14.1 Å². The Kier molecular flexibility index (Phi) is 2.59. The highest BCUT2D eigenvalue weighted by Gasteiger charge is 2.14. The number of halogens is 1. The van der Waals surface area contributed by atoms with Crippen molar-refractivity contribution in [3.8, 4) is 5.75 Å². The number of hydrogen-bond donors (Lipinski definition) is 2. The lowest BCUT2D eigenvalue weighted by atomic mass is 10.1. The Bertz CT molecular complexity index is 531. The second-order valence-electron chi connectivity index (χ2n) is 4.34. The smallest absolute Gasteiger partial charge is 0.167 e. The number of fused-ring (bicyclic) bond motifs is 1. The highest BCUT2D eigenvalue weighted by Crippen LogP contribution is 2.31. The molecule has 0 amide bonds. The maximum Gasteiger partial charge on any atom is 0.167 e. The van der Waals surface area contributed by atoms with E-state index in [4.69, 9.17) is 0 Å². The number of hydrogen-bond acceptors (Lipinski definition) is 2. The van der Waals surface area contributed by atoms with Gasteiger partial charge in [0.05, 0.1) is 0 Å². The number of benzene rings is 1. The molecule has 2 N–H and O–H groups in total. The predicted octanol–water partition coefficient (Wildman–Crippen LogP) is 2.38. The van der Waals surface area contributed by atoms with E-state index < -0.39 is 5.82 Å². The third kappa shape index (κ3) is 1.76. The lowest BCUT2D eigenvalue weighted by molar-refractivity contribution is 0.377. The van der Waals surface area contributed by atoms with Crippen LogP contribution in [0, 0.1) is 12.7 Å². The Labute approximate surface area is 93.5 Å². The summed E-state index contributed by atoms with van der Waals surface area (Å²) in [5, 5.41) is 10.6. The number of aromatic nitrogens is 1. The van der Waals surface area contributed by atoms with Gasteiger partial charge in [0.2, 0.25) is 0 Å². The molecule has 1 aromatic carbocycles. The Morgan fingerprint density at radius 3 is 2.69 bits per heavy atom. The van der Waals surface area contributed by atoms with Crippen molar-refractivity contribution >= 4 is 10.9 Å². The number of H-pyrrole nitrogens is 1. The lowest BCUT2D eigenvalue weighted by Gasteiger charge is -2.12. The maximum absolute atomic E-state index is 13.5. The molecule has 1 aromatic heterocycles. The molecule has 86 valence electrons. The number of rotatable bonds is 2. The molecule has 2 aromatic rings. The van der Waals surface area contributed by atoms with Gasteiger partial charge in [-0.1, -0.05) is 0 Å². The summed E-state index contributed by atoms with van der Waals surface area (Å²) in [6.07, 6.45) is 0. The van der Waals surface area contributed by atoms with Crippen LogP contribution in [0.2, 0.25) is 0 Å². The number of aryl methyl sites for hydroxylation is 1. The van der Waals surface area contributed by atoms with Gasteiger partial charge in [-0.3, -0.25) is 0 Å². The molecule has 0 bridgehead atoms. The van der Waals surface area contributed by atoms with Crippen LogP contribution >= 0.6 is 0 Å². The first-order valence-corrected chi connectivity index (χ1v) is 5.13. The van der Waals surface area contributed by atoms with Gasteiger partial charge in [0, 0.05) is 34.8 Å². The lowest BCUT2D eigenvalue weighted by Crippen LogP contribution is -2.11. The molecule has 0 saturated heterocycles. The SMILES string of the molecule is Cc1cc2c(CN(C)C)c(O)c(F)cc2[nH]1. The molecule has 0 saturated carbocycles. The third-order valence-corrected chi connectivity index (χ3v) is 2.57. The van der Waals surface area contributed by atoms with Crippen molar-refractivity contribution in [1.29, 1.82) is 0 Å². The highest BCUT2D eigenvalue weighted by molar-refractivity contribution is 5.86. The Morgan fingerprint density at radius 1 is 1.38 bits per heavy atom. The first-order chi connectivity index (χ1) is 7.49. The number of aromatic hydroxyl groups is 1. The molecular formula is C12H15FN2O. The van der Waals surface area contributed by atoms with Crippen molar-refractivity contribution in [3.63, 3.8) is 0 Å². The first-order valence-electron chi connectivity index (χ1n) is 5.13. The van der Waals surface area contributed by atoms with E-state index >= 15 is 0 Å². The average molecular weight is 222 g/mol. The average Bonchev–Trinajstić information content (AvgIpc) is 2.53. The molecule has 0 atom stereocenters. The van der Waals surface area contributed by atoms with Crippen LogP contribution in [0.3, 0.4) is 0 Å². The fraction of sp³-hybridized carbons (Fsp3) is 0.333. The number of nitrogens with one attached hydrogen (secondary N) is 1. The van der Waals surface area contributed by atoms with Crippen LogP contribution in [0.15, 0.2) is 12.1 Å². The summed E-state index contributed by atoms with van der Waals surface area (Å²) in [6.45, 7) is 2.42. The first kappa shape index (κ1) is 11.0. The van der Waals surface area contributed by atoms with Crippen LogP contribution in [0.5, 0.6) is 5.75 Å². The van der Waals surface area contributed by atoms with Crippen LogP contribution in [0.4, 0.5) is 4.39 Å². The molecule has 0 unspecified atom stereocenters. The monoisotopic (exact) mass is 222 g/mol. The molecule has 2 rings (SSSR count). The van der Waals surface area contributed by atoms with Gasteiger partial charge in [0.15, 0.2) is 11.6 Å². The number of phenolic OH excluding ortho intramolecular Hbond substituents is 1. The molecule has 0 aliphatic carbocycles. The third-order valence-electron chi connectivity index (χ3n) is 2.57.